The summed E-state index contributed by atoms with van der Waals surface area (Å²) < 4.78 is 113. The summed E-state index contributed by atoms with van der Waals surface area (Å²) in [6.45, 7) is 0. The van der Waals surface area contributed by atoms with Crippen LogP contribution in [0.1, 0.15) is 83.5 Å². The Labute approximate surface area is 197 Å². The van der Waals surface area contributed by atoms with Crippen LogP contribution in [-0.4, -0.2) is 57.4 Å². The minimum absolute atomic E-state index is 0.0399. The minimum atomic E-state index is -4.72. The summed E-state index contributed by atoms with van der Waals surface area (Å²) >= 11 is 0. The lowest BCUT2D eigenvalue weighted by Crippen LogP contribution is -2.25. The summed E-state index contributed by atoms with van der Waals surface area (Å²) in [5.41, 5.74) is 0. The third-order valence-corrected chi connectivity index (χ3v) is 10.9. The Kier molecular flexibility index (Phi) is 11.0. The zero-order valence-electron chi connectivity index (χ0n) is 18.3. The largest absolute Gasteiger partial charge is 0.414 e. The monoisotopic (exact) mass is 556 g/mol. The molecule has 0 unspecified atom stereocenters. The highest BCUT2D eigenvalue weighted by Gasteiger charge is 2.30. The number of hydrogen-bond donors (Lipinski definition) is 0. The van der Waals surface area contributed by atoms with Crippen LogP contribution in [0.15, 0.2) is 0 Å². The Morgan fingerprint density at radius 1 is 0.485 bits per heavy atom. The molecule has 33 heavy (non-hydrogen) atoms. The van der Waals surface area contributed by atoms with Crippen molar-refractivity contribution in [1.29, 1.82) is 0 Å². The molecule has 0 bridgehead atoms. The average molecular weight is 557 g/mol. The van der Waals surface area contributed by atoms with Crippen molar-refractivity contribution in [2.45, 2.75) is 95.7 Å². The molecule has 0 saturated heterocycles. The van der Waals surface area contributed by atoms with Gasteiger partial charge in [-0.25, -0.2) is 8.37 Å². The highest BCUT2D eigenvalue weighted by molar-refractivity contribution is 7.98. The summed E-state index contributed by atoms with van der Waals surface area (Å²) in [6.07, 6.45) is 5.66. The highest BCUT2D eigenvalue weighted by atomic mass is 32.3. The first-order valence-electron chi connectivity index (χ1n) is 11.0. The Hall–Kier alpha value is -0.360. The van der Waals surface area contributed by atoms with Crippen molar-refractivity contribution in [3.8, 4) is 0 Å². The highest BCUT2D eigenvalue weighted by Crippen LogP contribution is 2.24. The molecule has 16 heteroatoms. The van der Waals surface area contributed by atoms with Crippen LogP contribution in [0.5, 0.6) is 0 Å². The molecule has 0 aromatic heterocycles. The van der Waals surface area contributed by atoms with Crippen molar-refractivity contribution < 1.29 is 49.3 Å². The second kappa shape index (κ2) is 12.6. The van der Waals surface area contributed by atoms with E-state index < -0.39 is 64.7 Å². The van der Waals surface area contributed by atoms with E-state index in [1.807, 2.05) is 0 Å². The predicted octanol–water partition coefficient (Wildman–Crippen LogP) is 2.04. The van der Waals surface area contributed by atoms with E-state index in [1.165, 1.54) is 0 Å². The molecular formula is C17H32O12S4. The van der Waals surface area contributed by atoms with Crippen molar-refractivity contribution in [2.75, 3.05) is 11.5 Å². The molecule has 2 fully saturated rings. The summed E-state index contributed by atoms with van der Waals surface area (Å²) in [7, 11) is -18.4. The maximum atomic E-state index is 11.9. The van der Waals surface area contributed by atoms with Gasteiger partial charge in [0.2, 0.25) is 0 Å². The van der Waals surface area contributed by atoms with E-state index in [0.717, 1.165) is 38.5 Å². The molecular weight excluding hydrogens is 524 g/mol. The van der Waals surface area contributed by atoms with Crippen LogP contribution >= 0.6 is 0 Å². The zero-order chi connectivity index (χ0) is 24.6. The Balaban J connectivity index is 1.70. The number of unbranched alkanes of at least 4 members (excludes halogenated alkanes) is 2. The molecule has 2 rings (SSSR count). The third kappa shape index (κ3) is 12.2. The molecule has 0 amide bonds. The van der Waals surface area contributed by atoms with E-state index in [-0.39, 0.29) is 19.3 Å². The molecule has 0 heterocycles. The van der Waals surface area contributed by atoms with Crippen molar-refractivity contribution in [1.82, 2.24) is 0 Å². The molecule has 0 spiro atoms. The Bertz CT molecular complexity index is 936. The average Bonchev–Trinajstić information content (AvgIpc) is 2.66. The van der Waals surface area contributed by atoms with Crippen LogP contribution < -0.4 is 0 Å². The van der Waals surface area contributed by atoms with Crippen molar-refractivity contribution in [2.24, 2.45) is 0 Å². The van der Waals surface area contributed by atoms with Crippen LogP contribution in [-0.2, 0) is 56.7 Å². The lowest BCUT2D eigenvalue weighted by molar-refractivity contribution is 0.144. The quantitative estimate of drug-likeness (QED) is 0.285. The second-order valence-corrected chi connectivity index (χ2v) is 14.4. The van der Waals surface area contributed by atoms with E-state index in [9.17, 15) is 33.7 Å². The first kappa shape index (κ1) is 28.9. The van der Waals surface area contributed by atoms with Crippen LogP contribution in [0.4, 0.5) is 0 Å². The smallest absolute Gasteiger partial charge is 0.244 e. The van der Waals surface area contributed by atoms with E-state index in [4.69, 9.17) is 8.37 Å². The van der Waals surface area contributed by atoms with E-state index in [1.54, 1.807) is 0 Å². The summed E-state index contributed by atoms with van der Waals surface area (Å²) in [5, 5.41) is 0. The maximum Gasteiger partial charge on any atom is 0.414 e. The lowest BCUT2D eigenvalue weighted by atomic mass is 9.98. The van der Waals surface area contributed by atoms with E-state index in [0.29, 0.717) is 25.7 Å². The fourth-order valence-electron chi connectivity index (χ4n) is 3.74. The molecule has 0 N–H and O–H groups in total. The van der Waals surface area contributed by atoms with Gasteiger partial charge in [0.25, 0.3) is 20.2 Å². The Morgan fingerprint density at radius 3 is 1.15 bits per heavy atom. The molecule has 0 radical (unpaired) electrons. The van der Waals surface area contributed by atoms with Crippen molar-refractivity contribution >= 4 is 41.0 Å². The third-order valence-electron chi connectivity index (χ3n) is 5.27. The van der Waals surface area contributed by atoms with E-state index >= 15 is 0 Å². The van der Waals surface area contributed by atoms with Gasteiger partial charge in [0.15, 0.2) is 0 Å². The van der Waals surface area contributed by atoms with Crippen molar-refractivity contribution in [3.63, 3.8) is 0 Å². The van der Waals surface area contributed by atoms with Gasteiger partial charge in [-0.3, -0.25) is 0 Å². The summed E-state index contributed by atoms with van der Waals surface area (Å²) in [5.74, 6) is -1.35. The minimum Gasteiger partial charge on any atom is -0.244 e. The van der Waals surface area contributed by atoms with Gasteiger partial charge in [-0.2, -0.15) is 33.7 Å². The van der Waals surface area contributed by atoms with Crippen LogP contribution in [0.2, 0.25) is 0 Å². The van der Waals surface area contributed by atoms with Gasteiger partial charge >= 0.3 is 20.8 Å². The molecule has 2 aliphatic carbocycles. The standard InChI is InChI=1S/C17H32O12S4/c18-30(19,28-32(22,23)26-16-10-4-1-5-11-16)14-8-3-9-15-31(20,21)29-33(24,25)27-17-12-6-2-7-13-17/h16-17H,1-15H2. The molecule has 2 saturated carbocycles. The van der Waals surface area contributed by atoms with Gasteiger partial charge in [-0.1, -0.05) is 44.9 Å². The van der Waals surface area contributed by atoms with Crippen molar-refractivity contribution in [3.05, 3.63) is 0 Å². The number of hydrogen-bond acceptors (Lipinski definition) is 12. The van der Waals surface area contributed by atoms with Crippen LogP contribution in [0.25, 0.3) is 0 Å². The fraction of sp³-hybridized carbons (Fsp3) is 1.00. The lowest BCUT2D eigenvalue weighted by Gasteiger charge is -2.20. The first-order chi connectivity index (χ1) is 15.3. The molecule has 0 aromatic rings. The van der Waals surface area contributed by atoms with Crippen LogP contribution in [0.3, 0.4) is 0 Å². The van der Waals surface area contributed by atoms with Gasteiger partial charge in [0.1, 0.15) is 0 Å². The predicted molar refractivity (Wildman–Crippen MR) is 117 cm³/mol. The Morgan fingerprint density at radius 2 is 0.818 bits per heavy atom. The van der Waals surface area contributed by atoms with E-state index in [2.05, 4.69) is 7.26 Å². The topological polar surface area (TPSA) is 173 Å². The molecule has 0 aromatic carbocycles. The van der Waals surface area contributed by atoms with Crippen LogP contribution in [0, 0.1) is 0 Å². The van der Waals surface area contributed by atoms with Gasteiger partial charge in [0.05, 0.1) is 23.7 Å². The summed E-state index contributed by atoms with van der Waals surface area (Å²) in [6, 6.07) is 0. The van der Waals surface area contributed by atoms with Gasteiger partial charge < -0.3 is 0 Å². The SMILES string of the molecule is O=S(=O)(CCCCCS(=O)(=O)OS(=O)(=O)OC1CCCCC1)OS(=O)(=O)OC1CCCCC1. The first-order valence-corrected chi connectivity index (χ1v) is 16.8. The van der Waals surface area contributed by atoms with Gasteiger partial charge in [-0.05, 0) is 38.5 Å². The molecule has 12 nitrogen and oxygen atoms in total. The van der Waals surface area contributed by atoms with Gasteiger partial charge in [-0.15, -0.1) is 7.26 Å². The molecule has 0 atom stereocenters. The van der Waals surface area contributed by atoms with Gasteiger partial charge in [0, 0.05) is 0 Å². The fourth-order valence-corrected chi connectivity index (χ4v) is 8.74. The molecule has 0 aliphatic heterocycles. The number of rotatable bonds is 14. The normalized spacial score (nSPS) is 20.1. The second-order valence-electron chi connectivity index (χ2n) is 8.25. The summed E-state index contributed by atoms with van der Waals surface area (Å²) in [4.78, 5) is 0. The molecule has 196 valence electrons. The maximum absolute atomic E-state index is 11.9. The zero-order valence-corrected chi connectivity index (χ0v) is 21.6. The molecule has 2 aliphatic rings.